The number of urea groups is 1. The van der Waals surface area contributed by atoms with Crippen molar-refractivity contribution in [3.8, 4) is 6.07 Å². The van der Waals surface area contributed by atoms with Crippen molar-refractivity contribution < 1.29 is 19.5 Å². The standard InChI is InChI=1S/C21H26N4O4/c1-15(2)14-25-20(29)24(11-12-26)19(28)21(25)7-9-23(10-8-21)18(27)17-6-4-3-5-16(17)13-22/h3-6,15,26H,7-12,14H2,1-2H3. The minimum Gasteiger partial charge on any atom is -0.395 e. The minimum atomic E-state index is -0.970. The molecule has 0 saturated carbocycles. The molecule has 0 aromatic heterocycles. The number of aliphatic hydroxyl groups excluding tert-OH is 1. The van der Waals surface area contributed by atoms with E-state index >= 15 is 0 Å². The molecule has 29 heavy (non-hydrogen) atoms. The van der Waals surface area contributed by atoms with Gasteiger partial charge < -0.3 is 14.9 Å². The van der Waals surface area contributed by atoms with Gasteiger partial charge in [-0.05, 0) is 30.9 Å². The van der Waals surface area contributed by atoms with Gasteiger partial charge >= 0.3 is 6.03 Å². The summed E-state index contributed by atoms with van der Waals surface area (Å²) in [5.74, 6) is -0.349. The molecule has 2 fully saturated rings. The molecule has 1 spiro atoms. The predicted octanol–water partition coefficient (Wildman–Crippen LogP) is 1.45. The third-order valence-corrected chi connectivity index (χ3v) is 5.65. The molecule has 2 saturated heterocycles. The fraction of sp³-hybridized carbons (Fsp3) is 0.524. The van der Waals surface area contributed by atoms with E-state index in [9.17, 15) is 24.8 Å². The number of amides is 4. The van der Waals surface area contributed by atoms with Gasteiger partial charge in [-0.2, -0.15) is 5.26 Å². The van der Waals surface area contributed by atoms with Crippen LogP contribution in [0.1, 0.15) is 42.6 Å². The Kier molecular flexibility index (Phi) is 5.89. The summed E-state index contributed by atoms with van der Waals surface area (Å²) in [6.45, 7) is 4.75. The first-order valence-corrected chi connectivity index (χ1v) is 9.88. The molecule has 4 amide bonds. The summed E-state index contributed by atoms with van der Waals surface area (Å²) in [6, 6.07) is 8.34. The Morgan fingerprint density at radius 2 is 1.90 bits per heavy atom. The predicted molar refractivity (Wildman–Crippen MR) is 105 cm³/mol. The lowest BCUT2D eigenvalue weighted by Gasteiger charge is -2.42. The summed E-state index contributed by atoms with van der Waals surface area (Å²) in [4.78, 5) is 43.3. The minimum absolute atomic E-state index is 0.0216. The van der Waals surface area contributed by atoms with Crippen LogP contribution in [0.3, 0.4) is 0 Å². The maximum Gasteiger partial charge on any atom is 0.327 e. The maximum absolute atomic E-state index is 13.1. The molecule has 0 unspecified atom stereocenters. The summed E-state index contributed by atoms with van der Waals surface area (Å²) < 4.78 is 0. The zero-order valence-electron chi connectivity index (χ0n) is 16.8. The Morgan fingerprint density at radius 3 is 2.48 bits per heavy atom. The summed E-state index contributed by atoms with van der Waals surface area (Å²) >= 11 is 0. The molecular formula is C21H26N4O4. The first-order chi connectivity index (χ1) is 13.9. The molecule has 0 radical (unpaired) electrons. The smallest absolute Gasteiger partial charge is 0.327 e. The average molecular weight is 398 g/mol. The van der Waals surface area contributed by atoms with Gasteiger partial charge in [-0.3, -0.25) is 14.5 Å². The summed E-state index contributed by atoms with van der Waals surface area (Å²) in [5, 5.41) is 18.5. The second kappa shape index (κ2) is 8.21. The quantitative estimate of drug-likeness (QED) is 0.756. The number of nitriles is 1. The lowest BCUT2D eigenvalue weighted by Crippen LogP contribution is -2.58. The van der Waals surface area contributed by atoms with E-state index < -0.39 is 5.54 Å². The Balaban J connectivity index is 1.82. The van der Waals surface area contributed by atoms with E-state index in [0.29, 0.717) is 43.6 Å². The average Bonchev–Trinajstić information content (AvgIpc) is 2.90. The van der Waals surface area contributed by atoms with Crippen molar-refractivity contribution in [2.45, 2.75) is 32.2 Å². The van der Waals surface area contributed by atoms with Crippen LogP contribution in [0, 0.1) is 17.2 Å². The number of carbonyl (C=O) groups excluding carboxylic acids is 3. The van der Waals surface area contributed by atoms with Gasteiger partial charge in [0.2, 0.25) is 0 Å². The number of hydrogen-bond acceptors (Lipinski definition) is 5. The van der Waals surface area contributed by atoms with Gasteiger partial charge in [-0.15, -0.1) is 0 Å². The number of carbonyl (C=O) groups is 3. The number of likely N-dealkylation sites (tertiary alicyclic amines) is 1. The number of piperidine rings is 1. The molecule has 0 aliphatic carbocycles. The van der Waals surface area contributed by atoms with E-state index in [-0.39, 0.29) is 36.9 Å². The molecule has 8 nitrogen and oxygen atoms in total. The number of aliphatic hydroxyl groups is 1. The lowest BCUT2D eigenvalue weighted by atomic mass is 9.85. The van der Waals surface area contributed by atoms with Gasteiger partial charge in [0, 0.05) is 19.6 Å². The number of benzene rings is 1. The van der Waals surface area contributed by atoms with Crippen LogP contribution in [0.4, 0.5) is 4.79 Å². The normalized spacial score (nSPS) is 18.7. The van der Waals surface area contributed by atoms with Crippen molar-refractivity contribution in [3.05, 3.63) is 35.4 Å². The van der Waals surface area contributed by atoms with Gasteiger partial charge in [0.1, 0.15) is 5.54 Å². The number of hydrogen-bond donors (Lipinski definition) is 1. The van der Waals surface area contributed by atoms with Gasteiger partial charge in [0.05, 0.1) is 30.3 Å². The fourth-order valence-electron chi connectivity index (χ4n) is 4.20. The molecule has 2 aliphatic heterocycles. The van der Waals surface area contributed by atoms with E-state index in [4.69, 9.17) is 0 Å². The molecule has 2 aliphatic rings. The Labute approximate surface area is 170 Å². The largest absolute Gasteiger partial charge is 0.395 e. The van der Waals surface area contributed by atoms with Crippen LogP contribution < -0.4 is 0 Å². The molecule has 1 aromatic carbocycles. The molecule has 1 N–H and O–H groups in total. The van der Waals surface area contributed by atoms with E-state index in [1.165, 1.54) is 0 Å². The van der Waals surface area contributed by atoms with Crippen LogP contribution >= 0.6 is 0 Å². The SMILES string of the molecule is CC(C)CN1C(=O)N(CCO)C(=O)C12CCN(C(=O)c1ccccc1C#N)CC2. The van der Waals surface area contributed by atoms with E-state index in [1.54, 1.807) is 34.1 Å². The van der Waals surface area contributed by atoms with Crippen LogP contribution in [0.25, 0.3) is 0 Å². The molecule has 0 atom stereocenters. The van der Waals surface area contributed by atoms with Crippen LogP contribution in [0.2, 0.25) is 0 Å². The Hall–Kier alpha value is -2.92. The zero-order valence-corrected chi connectivity index (χ0v) is 16.8. The zero-order chi connectivity index (χ0) is 21.2. The molecule has 1 aromatic rings. The van der Waals surface area contributed by atoms with Crippen LogP contribution in [-0.4, -0.2) is 76.0 Å². The Morgan fingerprint density at radius 1 is 1.24 bits per heavy atom. The van der Waals surface area contributed by atoms with E-state index in [1.807, 2.05) is 19.9 Å². The topological polar surface area (TPSA) is 105 Å². The molecule has 0 bridgehead atoms. The molecule has 154 valence electrons. The van der Waals surface area contributed by atoms with Crippen molar-refractivity contribution in [3.63, 3.8) is 0 Å². The van der Waals surface area contributed by atoms with Gasteiger partial charge in [0.25, 0.3) is 11.8 Å². The second-order valence-electron chi connectivity index (χ2n) is 7.95. The fourth-order valence-corrected chi connectivity index (χ4v) is 4.20. The van der Waals surface area contributed by atoms with Crippen molar-refractivity contribution in [2.24, 2.45) is 5.92 Å². The highest BCUT2D eigenvalue weighted by molar-refractivity contribution is 6.07. The monoisotopic (exact) mass is 398 g/mol. The second-order valence-corrected chi connectivity index (χ2v) is 7.95. The lowest BCUT2D eigenvalue weighted by molar-refractivity contribution is -0.135. The number of β-amino-alcohol motifs (C(OH)–C–C–N with tert-alkyl or cyclic N) is 1. The van der Waals surface area contributed by atoms with E-state index in [0.717, 1.165) is 4.90 Å². The first-order valence-electron chi connectivity index (χ1n) is 9.88. The highest BCUT2D eigenvalue weighted by atomic mass is 16.3. The number of nitrogens with zero attached hydrogens (tertiary/aromatic N) is 4. The van der Waals surface area contributed by atoms with Crippen LogP contribution in [0.5, 0.6) is 0 Å². The molecular weight excluding hydrogens is 372 g/mol. The highest BCUT2D eigenvalue weighted by Gasteiger charge is 2.58. The maximum atomic E-state index is 13.1. The molecule has 3 rings (SSSR count). The summed E-state index contributed by atoms with van der Waals surface area (Å²) in [5.41, 5.74) is -0.302. The third-order valence-electron chi connectivity index (χ3n) is 5.65. The van der Waals surface area contributed by atoms with Gasteiger partial charge in [-0.1, -0.05) is 26.0 Å². The van der Waals surface area contributed by atoms with Crippen molar-refractivity contribution in [1.29, 1.82) is 5.26 Å². The van der Waals surface area contributed by atoms with Crippen LogP contribution in [-0.2, 0) is 4.79 Å². The molecule has 8 heteroatoms. The van der Waals surface area contributed by atoms with Crippen molar-refractivity contribution in [2.75, 3.05) is 32.8 Å². The summed E-state index contributed by atoms with van der Waals surface area (Å²) in [7, 11) is 0. The highest BCUT2D eigenvalue weighted by Crippen LogP contribution is 2.38. The first kappa shape index (κ1) is 20.8. The van der Waals surface area contributed by atoms with Crippen LogP contribution in [0.15, 0.2) is 24.3 Å². The van der Waals surface area contributed by atoms with Crippen molar-refractivity contribution >= 4 is 17.8 Å². The number of imide groups is 1. The molecule has 2 heterocycles. The number of rotatable bonds is 5. The third kappa shape index (κ3) is 3.58. The summed E-state index contributed by atoms with van der Waals surface area (Å²) in [6.07, 6.45) is 0.680. The Bertz CT molecular complexity index is 852. The van der Waals surface area contributed by atoms with Gasteiger partial charge in [-0.25, -0.2) is 4.79 Å². The van der Waals surface area contributed by atoms with Crippen molar-refractivity contribution in [1.82, 2.24) is 14.7 Å². The van der Waals surface area contributed by atoms with Gasteiger partial charge in [0.15, 0.2) is 0 Å². The van der Waals surface area contributed by atoms with E-state index in [2.05, 4.69) is 0 Å².